The van der Waals surface area contributed by atoms with Gasteiger partial charge in [0, 0.05) is 17.0 Å². The van der Waals surface area contributed by atoms with E-state index in [4.69, 9.17) is 9.47 Å². The van der Waals surface area contributed by atoms with E-state index in [0.717, 1.165) is 16.9 Å². The van der Waals surface area contributed by atoms with Crippen molar-refractivity contribution in [2.75, 3.05) is 26.1 Å². The summed E-state index contributed by atoms with van der Waals surface area (Å²) < 4.78 is 10.6. The number of fused-ring (bicyclic) bond motifs is 1. The van der Waals surface area contributed by atoms with Crippen LogP contribution in [0.5, 0.6) is 11.5 Å². The Hall–Kier alpha value is -3.71. The number of nitrogens with one attached hydrogen (secondary N) is 2. The predicted octanol–water partition coefficient (Wildman–Crippen LogP) is 5.07. The number of carbonyl (C=O) groups is 2. The van der Waals surface area contributed by atoms with Crippen LogP contribution in [0.25, 0.3) is 6.08 Å². The lowest BCUT2D eigenvalue weighted by molar-refractivity contribution is -0.112. The number of thioether (sulfide) groups is 1. The first-order valence-electron chi connectivity index (χ1n) is 10.9. The van der Waals surface area contributed by atoms with Gasteiger partial charge in [-0.25, -0.2) is 0 Å². The molecule has 0 fully saturated rings. The van der Waals surface area contributed by atoms with E-state index in [1.54, 1.807) is 38.5 Å². The third-order valence-corrected chi connectivity index (χ3v) is 6.56. The molecule has 1 heterocycles. The van der Waals surface area contributed by atoms with Gasteiger partial charge in [-0.15, -0.1) is 0 Å². The first kappa shape index (κ1) is 23.4. The van der Waals surface area contributed by atoms with Crippen LogP contribution < -0.4 is 20.1 Å². The number of benzene rings is 3. The van der Waals surface area contributed by atoms with Crippen LogP contribution >= 0.6 is 11.8 Å². The Balaban J connectivity index is 1.43. The van der Waals surface area contributed by atoms with E-state index in [2.05, 4.69) is 34.9 Å². The van der Waals surface area contributed by atoms with Crippen LogP contribution in [0.2, 0.25) is 0 Å². The summed E-state index contributed by atoms with van der Waals surface area (Å²) in [6.07, 6.45) is 2.56. The molecule has 0 atom stereocenters. The summed E-state index contributed by atoms with van der Waals surface area (Å²) in [6.45, 7) is 2.59. The maximum Gasteiger partial charge on any atom is 0.262 e. The maximum atomic E-state index is 12.7. The number of aryl methyl sites for hydroxylation is 1. The van der Waals surface area contributed by atoms with Crippen molar-refractivity contribution in [2.45, 2.75) is 18.2 Å². The molecule has 0 bridgehead atoms. The number of anilines is 1. The normalized spacial score (nSPS) is 13.7. The number of methoxy groups -OCH3 is 2. The van der Waals surface area contributed by atoms with Gasteiger partial charge in [-0.3, -0.25) is 9.59 Å². The van der Waals surface area contributed by atoms with Gasteiger partial charge in [-0.05, 0) is 60.9 Å². The molecule has 0 aromatic heterocycles. The van der Waals surface area contributed by atoms with Crippen LogP contribution in [0.15, 0.2) is 70.5 Å². The van der Waals surface area contributed by atoms with E-state index in [0.29, 0.717) is 34.2 Å². The highest BCUT2D eigenvalue weighted by Crippen LogP contribution is 2.40. The molecule has 1 aliphatic rings. The second-order valence-electron chi connectivity index (χ2n) is 7.88. The second-order valence-corrected chi connectivity index (χ2v) is 8.97. The van der Waals surface area contributed by atoms with Crippen molar-refractivity contribution in [3.8, 4) is 11.5 Å². The molecule has 4 rings (SSSR count). The molecular weight excluding hydrogens is 448 g/mol. The number of carbonyl (C=O) groups excluding carboxylic acids is 2. The zero-order chi connectivity index (χ0) is 24.1. The Morgan fingerprint density at radius 2 is 1.76 bits per heavy atom. The molecule has 0 radical (unpaired) electrons. The Morgan fingerprint density at radius 3 is 2.50 bits per heavy atom. The van der Waals surface area contributed by atoms with Crippen LogP contribution in [0, 0.1) is 6.92 Å². The van der Waals surface area contributed by atoms with Crippen molar-refractivity contribution in [3.05, 3.63) is 87.8 Å². The average Bonchev–Trinajstić information content (AvgIpc) is 2.85. The van der Waals surface area contributed by atoms with Gasteiger partial charge in [-0.2, -0.15) is 0 Å². The molecule has 0 aliphatic carbocycles. The van der Waals surface area contributed by atoms with Crippen molar-refractivity contribution >= 4 is 35.3 Å². The number of amides is 2. The van der Waals surface area contributed by atoms with Gasteiger partial charge >= 0.3 is 0 Å². The molecule has 0 unspecified atom stereocenters. The first-order valence-corrected chi connectivity index (χ1v) is 11.7. The highest BCUT2D eigenvalue weighted by atomic mass is 32.2. The van der Waals surface area contributed by atoms with Crippen molar-refractivity contribution in [1.82, 2.24) is 5.32 Å². The SMILES string of the molecule is COc1ccc(/C=C2/Sc3ccc(C(=O)NCCc4ccc(C)cc4)cc3NC2=O)cc1OC. The fourth-order valence-electron chi connectivity index (χ4n) is 3.57. The Morgan fingerprint density at radius 1 is 1.00 bits per heavy atom. The fourth-order valence-corrected chi connectivity index (χ4v) is 4.50. The summed E-state index contributed by atoms with van der Waals surface area (Å²) in [6, 6.07) is 19.1. The number of ether oxygens (including phenoxy) is 2. The van der Waals surface area contributed by atoms with Gasteiger partial charge in [0.15, 0.2) is 11.5 Å². The zero-order valence-corrected chi connectivity index (χ0v) is 20.1. The summed E-state index contributed by atoms with van der Waals surface area (Å²) >= 11 is 1.37. The van der Waals surface area contributed by atoms with Gasteiger partial charge in [0.05, 0.1) is 24.8 Å². The Bertz CT molecular complexity index is 1250. The number of rotatable bonds is 7. The van der Waals surface area contributed by atoms with E-state index in [1.165, 1.54) is 22.9 Å². The first-order chi connectivity index (χ1) is 16.5. The molecule has 0 saturated carbocycles. The van der Waals surface area contributed by atoms with Crippen LogP contribution in [0.3, 0.4) is 0 Å². The second kappa shape index (κ2) is 10.5. The fraction of sp³-hybridized carbons (Fsp3) is 0.185. The van der Waals surface area contributed by atoms with Crippen molar-refractivity contribution in [2.24, 2.45) is 0 Å². The molecule has 0 spiro atoms. The van der Waals surface area contributed by atoms with Gasteiger partial charge in [0.25, 0.3) is 11.8 Å². The average molecular weight is 475 g/mol. The highest BCUT2D eigenvalue weighted by Gasteiger charge is 2.22. The van der Waals surface area contributed by atoms with E-state index >= 15 is 0 Å². The van der Waals surface area contributed by atoms with Gasteiger partial charge in [0.2, 0.25) is 0 Å². The minimum atomic E-state index is -0.218. The van der Waals surface area contributed by atoms with Crippen LogP contribution in [0.1, 0.15) is 27.0 Å². The number of hydrogen-bond acceptors (Lipinski definition) is 5. The summed E-state index contributed by atoms with van der Waals surface area (Å²) in [5.41, 5.74) is 4.35. The lowest BCUT2D eigenvalue weighted by atomic mass is 10.1. The summed E-state index contributed by atoms with van der Waals surface area (Å²) in [5.74, 6) is 0.835. The monoisotopic (exact) mass is 474 g/mol. The molecule has 2 N–H and O–H groups in total. The van der Waals surface area contributed by atoms with E-state index in [-0.39, 0.29) is 11.8 Å². The smallest absolute Gasteiger partial charge is 0.262 e. The topological polar surface area (TPSA) is 76.7 Å². The molecule has 7 heteroatoms. The maximum absolute atomic E-state index is 12.7. The summed E-state index contributed by atoms with van der Waals surface area (Å²) in [5, 5.41) is 5.85. The van der Waals surface area contributed by atoms with E-state index < -0.39 is 0 Å². The van der Waals surface area contributed by atoms with Gasteiger partial charge < -0.3 is 20.1 Å². The van der Waals surface area contributed by atoms with E-state index in [9.17, 15) is 9.59 Å². The lowest BCUT2D eigenvalue weighted by Gasteiger charge is -2.19. The summed E-state index contributed by atoms with van der Waals surface area (Å²) in [4.78, 5) is 26.8. The van der Waals surface area contributed by atoms with Gasteiger partial charge in [0.1, 0.15) is 0 Å². The van der Waals surface area contributed by atoms with Crippen molar-refractivity contribution < 1.29 is 19.1 Å². The van der Waals surface area contributed by atoms with Crippen molar-refractivity contribution in [3.63, 3.8) is 0 Å². The number of hydrogen-bond donors (Lipinski definition) is 2. The molecule has 3 aromatic rings. The largest absolute Gasteiger partial charge is 0.493 e. The van der Waals surface area contributed by atoms with E-state index in [1.807, 2.05) is 25.1 Å². The Kier molecular flexibility index (Phi) is 7.23. The molecule has 6 nitrogen and oxygen atoms in total. The zero-order valence-electron chi connectivity index (χ0n) is 19.3. The molecule has 34 heavy (non-hydrogen) atoms. The summed E-state index contributed by atoms with van der Waals surface area (Å²) in [7, 11) is 3.15. The third kappa shape index (κ3) is 5.43. The highest BCUT2D eigenvalue weighted by molar-refractivity contribution is 8.04. The van der Waals surface area contributed by atoms with Crippen molar-refractivity contribution in [1.29, 1.82) is 0 Å². The molecule has 1 aliphatic heterocycles. The molecule has 3 aromatic carbocycles. The predicted molar refractivity (Wildman–Crippen MR) is 136 cm³/mol. The van der Waals surface area contributed by atoms with Crippen LogP contribution in [0.4, 0.5) is 5.69 Å². The molecule has 0 saturated heterocycles. The molecular formula is C27H26N2O4S. The molecule has 174 valence electrons. The molecule has 2 amide bonds. The van der Waals surface area contributed by atoms with Gasteiger partial charge in [-0.1, -0.05) is 47.7 Å². The quantitative estimate of drug-likeness (QED) is 0.468. The lowest BCUT2D eigenvalue weighted by Crippen LogP contribution is -2.26. The minimum Gasteiger partial charge on any atom is -0.493 e. The van der Waals surface area contributed by atoms with Crippen LogP contribution in [-0.2, 0) is 11.2 Å². The standard InChI is InChI=1S/C27H26N2O4S/c1-17-4-6-18(7-5-17)12-13-28-26(30)20-9-11-24-21(16-20)29-27(31)25(34-24)15-19-8-10-22(32-2)23(14-19)33-3/h4-11,14-16H,12-13H2,1-3H3,(H,28,30)(H,29,31)/b25-15+. The van der Waals surface area contributed by atoms with Crippen LogP contribution in [-0.4, -0.2) is 32.6 Å². The Labute approximate surface area is 203 Å². The minimum absolute atomic E-state index is 0.166. The third-order valence-electron chi connectivity index (χ3n) is 5.46.